The van der Waals surface area contributed by atoms with Gasteiger partial charge in [-0.15, -0.1) is 12.1 Å². The number of benzene rings is 3. The predicted octanol–water partition coefficient (Wildman–Crippen LogP) is 7.84. The molecule has 2 N–H and O–H groups in total. The van der Waals surface area contributed by atoms with Crippen LogP contribution in [0.15, 0.2) is 90.4 Å². The highest BCUT2D eigenvalue weighted by atomic mass is 16.7. The van der Waals surface area contributed by atoms with Crippen LogP contribution in [0, 0.1) is 0 Å². The highest BCUT2D eigenvalue weighted by molar-refractivity contribution is 5.95. The van der Waals surface area contributed by atoms with Crippen molar-refractivity contribution in [1.29, 1.82) is 0 Å². The maximum atomic E-state index is 12.8. The number of hydrogen-bond donors (Lipinski definition) is 2. The number of hydroxylamine groups is 1. The first-order chi connectivity index (χ1) is 20.3. The van der Waals surface area contributed by atoms with Gasteiger partial charge < -0.3 is 14.9 Å². The normalized spacial score (nSPS) is 15.4. The topological polar surface area (TPSA) is 71.9 Å². The second-order valence-electron chi connectivity index (χ2n) is 11.9. The van der Waals surface area contributed by atoms with Crippen LogP contribution in [-0.4, -0.2) is 24.5 Å². The van der Waals surface area contributed by atoms with E-state index in [2.05, 4.69) is 45.1 Å². The van der Waals surface area contributed by atoms with E-state index in [9.17, 15) is 4.79 Å². The zero-order chi connectivity index (χ0) is 30.0. The van der Waals surface area contributed by atoms with Crippen molar-refractivity contribution >= 4 is 11.8 Å². The third-order valence-electron chi connectivity index (χ3n) is 7.50. The molecule has 2 atom stereocenters. The van der Waals surface area contributed by atoms with E-state index in [-0.39, 0.29) is 23.5 Å². The lowest BCUT2D eigenvalue weighted by Crippen LogP contribution is -2.34. The highest BCUT2D eigenvalue weighted by Gasteiger charge is 2.22. The largest absolute Gasteiger partial charge is 0.494 e. The molecule has 1 heterocycles. The van der Waals surface area contributed by atoms with Gasteiger partial charge in [-0.3, -0.25) is 4.79 Å². The van der Waals surface area contributed by atoms with Crippen molar-refractivity contribution in [2.75, 3.05) is 6.61 Å². The second-order valence-corrected chi connectivity index (χ2v) is 11.9. The molecule has 222 valence electrons. The molecule has 0 bridgehead atoms. The molecule has 0 spiro atoms. The molecule has 1 aliphatic rings. The van der Waals surface area contributed by atoms with Gasteiger partial charge in [-0.05, 0) is 71.3 Å². The highest BCUT2D eigenvalue weighted by Crippen LogP contribution is 2.25. The van der Waals surface area contributed by atoms with Gasteiger partial charge in [-0.25, -0.2) is 4.99 Å². The summed E-state index contributed by atoms with van der Waals surface area (Å²) in [7, 11) is 0. The number of aliphatic imine (C=N–C) groups is 1. The molecule has 0 saturated heterocycles. The van der Waals surface area contributed by atoms with Crippen LogP contribution >= 0.6 is 0 Å². The summed E-state index contributed by atoms with van der Waals surface area (Å²) in [5.41, 5.74) is 7.87. The Morgan fingerprint density at radius 1 is 1.00 bits per heavy atom. The van der Waals surface area contributed by atoms with Crippen molar-refractivity contribution in [1.82, 2.24) is 10.8 Å². The van der Waals surface area contributed by atoms with Gasteiger partial charge in [0.1, 0.15) is 5.75 Å². The van der Waals surface area contributed by atoms with Gasteiger partial charge in [0.25, 0.3) is 5.91 Å². The average Bonchev–Trinajstić information content (AvgIpc) is 3.49. The summed E-state index contributed by atoms with van der Waals surface area (Å²) in [4.78, 5) is 23.3. The van der Waals surface area contributed by atoms with Crippen LogP contribution in [0.2, 0.25) is 0 Å². The first-order valence-electron chi connectivity index (χ1n) is 15.1. The molecule has 3 aromatic rings. The van der Waals surface area contributed by atoms with Crippen LogP contribution in [-0.2, 0) is 16.7 Å². The van der Waals surface area contributed by atoms with Crippen LogP contribution < -0.4 is 15.5 Å². The Morgan fingerprint density at radius 2 is 1.69 bits per heavy atom. The lowest BCUT2D eigenvalue weighted by atomic mass is 9.86. The number of hydrogen-bond acceptors (Lipinski definition) is 5. The van der Waals surface area contributed by atoms with E-state index < -0.39 is 0 Å². The number of carbonyl (C=O) groups is 1. The molecule has 1 aliphatic heterocycles. The first kappa shape index (κ1) is 31.0. The fourth-order valence-corrected chi connectivity index (χ4v) is 4.80. The molecule has 0 aliphatic carbocycles. The third kappa shape index (κ3) is 8.80. The molecule has 0 fully saturated rings. The molecule has 0 saturated carbocycles. The number of rotatable bonds is 14. The molecular weight excluding hydrogens is 522 g/mol. The summed E-state index contributed by atoms with van der Waals surface area (Å²) in [5.74, 6) is 1.32. The summed E-state index contributed by atoms with van der Waals surface area (Å²) in [6.45, 7) is 13.4. The molecule has 0 radical (unpaired) electrons. The Kier molecular flexibility index (Phi) is 11.0. The van der Waals surface area contributed by atoms with Crippen LogP contribution in [0.3, 0.4) is 0 Å². The van der Waals surface area contributed by atoms with E-state index in [0.717, 1.165) is 35.5 Å². The van der Waals surface area contributed by atoms with Crippen LogP contribution in [0.25, 0.3) is 0 Å². The summed E-state index contributed by atoms with van der Waals surface area (Å²) in [6.07, 6.45) is 8.25. The minimum atomic E-state index is -0.277. The third-order valence-corrected chi connectivity index (χ3v) is 7.50. The quantitative estimate of drug-likeness (QED) is 0.154. The molecular formula is C36H45N3O3. The number of nitrogens with zero attached hydrogens (tertiary/aromatic N) is 1. The molecule has 42 heavy (non-hydrogen) atoms. The Bertz CT molecular complexity index is 1320. The van der Waals surface area contributed by atoms with Crippen molar-refractivity contribution in [3.05, 3.63) is 113 Å². The fourth-order valence-electron chi connectivity index (χ4n) is 4.80. The molecule has 2 unspecified atom stereocenters. The Hall–Kier alpha value is -3.90. The van der Waals surface area contributed by atoms with E-state index in [1.807, 2.05) is 72.8 Å². The molecule has 6 nitrogen and oxygen atoms in total. The fraction of sp³-hybridized carbons (Fsp3) is 0.389. The minimum Gasteiger partial charge on any atom is -0.494 e. The van der Waals surface area contributed by atoms with Crippen molar-refractivity contribution < 1.29 is 14.4 Å². The van der Waals surface area contributed by atoms with E-state index in [4.69, 9.17) is 14.6 Å². The molecule has 3 aromatic carbocycles. The first-order valence-corrected chi connectivity index (χ1v) is 15.1. The number of carbonyl (C=O) groups excluding carboxylic acids is 1. The average molecular weight is 568 g/mol. The van der Waals surface area contributed by atoms with Gasteiger partial charge in [0.15, 0.2) is 6.17 Å². The van der Waals surface area contributed by atoms with Gasteiger partial charge in [-0.2, -0.15) is 0 Å². The molecule has 6 heteroatoms. The zero-order valence-corrected chi connectivity index (χ0v) is 25.5. The van der Waals surface area contributed by atoms with E-state index in [1.54, 1.807) is 6.08 Å². The van der Waals surface area contributed by atoms with Crippen LogP contribution in [0.5, 0.6) is 5.75 Å². The number of ether oxygens (including phenoxy) is 1. The summed E-state index contributed by atoms with van der Waals surface area (Å²) >= 11 is 0. The van der Waals surface area contributed by atoms with Gasteiger partial charge in [0.2, 0.25) is 5.90 Å². The number of amides is 1. The monoisotopic (exact) mass is 567 g/mol. The Labute approximate surface area is 251 Å². The van der Waals surface area contributed by atoms with Crippen LogP contribution in [0.4, 0.5) is 0 Å². The summed E-state index contributed by atoms with van der Waals surface area (Å²) in [6, 6.07) is 23.7. The van der Waals surface area contributed by atoms with E-state index >= 15 is 0 Å². The van der Waals surface area contributed by atoms with Crippen LogP contribution in [0.1, 0.15) is 98.6 Å². The molecule has 4 rings (SSSR count). The Morgan fingerprint density at radius 3 is 2.33 bits per heavy atom. The lowest BCUT2D eigenvalue weighted by Gasteiger charge is -2.19. The number of nitrogens with one attached hydrogen (secondary N) is 2. The van der Waals surface area contributed by atoms with Crippen molar-refractivity contribution in [3.8, 4) is 5.75 Å². The predicted molar refractivity (Wildman–Crippen MR) is 171 cm³/mol. The summed E-state index contributed by atoms with van der Waals surface area (Å²) in [5, 5.41) is 3.08. The summed E-state index contributed by atoms with van der Waals surface area (Å²) < 4.78 is 5.88. The standard InChI is InChI=1S/C36H45N3O3/c1-6-8-9-10-11-24-41-32-22-18-27(19-23-32)33-38-35(42-39-33)29-14-12-26(13-15-29)25-31(7-2)37-34(40)28-16-20-30(21-17-28)36(3,4)5/h7,12-23,31,33,39H,2,6,8-11,24-25H2,1,3-5H3,(H,37,40). The number of unbranched alkanes of at least 4 members (excludes halogenated alkanes) is 4. The van der Waals surface area contributed by atoms with E-state index in [0.29, 0.717) is 17.9 Å². The maximum Gasteiger partial charge on any atom is 0.251 e. The minimum absolute atomic E-state index is 0.0463. The van der Waals surface area contributed by atoms with Gasteiger partial charge in [-0.1, -0.05) is 95.9 Å². The van der Waals surface area contributed by atoms with Gasteiger partial charge in [0.05, 0.1) is 12.6 Å². The van der Waals surface area contributed by atoms with Crippen molar-refractivity contribution in [3.63, 3.8) is 0 Å². The van der Waals surface area contributed by atoms with Gasteiger partial charge >= 0.3 is 0 Å². The lowest BCUT2D eigenvalue weighted by molar-refractivity contribution is 0.0944. The Balaban J connectivity index is 1.28. The van der Waals surface area contributed by atoms with Crippen molar-refractivity contribution in [2.45, 2.75) is 83.8 Å². The van der Waals surface area contributed by atoms with Gasteiger partial charge in [0, 0.05) is 11.1 Å². The molecule has 1 amide bonds. The SMILES string of the molecule is C=CC(Cc1ccc(C2=NC(c3ccc(OCCCCCCC)cc3)NO2)cc1)NC(=O)c1ccc(C(C)(C)C)cc1. The second kappa shape index (κ2) is 14.8. The smallest absolute Gasteiger partial charge is 0.251 e. The molecule has 0 aromatic heterocycles. The van der Waals surface area contributed by atoms with E-state index in [1.165, 1.54) is 31.2 Å². The zero-order valence-electron chi connectivity index (χ0n) is 25.5. The van der Waals surface area contributed by atoms with Crippen molar-refractivity contribution in [2.24, 2.45) is 4.99 Å². The maximum absolute atomic E-state index is 12.8.